The second kappa shape index (κ2) is 5.20. The van der Waals surface area contributed by atoms with Gasteiger partial charge in [0.15, 0.2) is 5.69 Å². The smallest absolute Gasteiger partial charge is 0.163 e. The lowest BCUT2D eigenvalue weighted by Crippen LogP contribution is -2.28. The maximum absolute atomic E-state index is 8.76. The van der Waals surface area contributed by atoms with Crippen molar-refractivity contribution in [3.63, 3.8) is 0 Å². The molecular formula is C10H14N4. The Balaban J connectivity index is 2.63. The molecule has 0 aliphatic rings. The molecule has 1 aromatic heterocycles. The fourth-order valence-corrected chi connectivity index (χ4v) is 1.02. The minimum atomic E-state index is 0.113. The fourth-order valence-electron chi connectivity index (χ4n) is 1.02. The zero-order valence-corrected chi connectivity index (χ0v) is 8.20. The van der Waals surface area contributed by atoms with E-state index in [4.69, 9.17) is 11.0 Å². The number of rotatable bonds is 4. The molecule has 0 amide bonds. The predicted molar refractivity (Wildman–Crippen MR) is 55.7 cm³/mol. The summed E-state index contributed by atoms with van der Waals surface area (Å²) in [5.41, 5.74) is 6.91. The third-order valence-corrected chi connectivity index (χ3v) is 1.99. The average Bonchev–Trinajstić information content (AvgIpc) is 2.26. The first kappa shape index (κ1) is 10.5. The molecule has 0 saturated heterocycles. The van der Waals surface area contributed by atoms with Crippen molar-refractivity contribution in [1.82, 2.24) is 4.98 Å². The van der Waals surface area contributed by atoms with Crippen molar-refractivity contribution in [2.45, 2.75) is 19.4 Å². The van der Waals surface area contributed by atoms with Gasteiger partial charge in [-0.3, -0.25) is 0 Å². The molecule has 1 unspecified atom stereocenters. The molecule has 0 aliphatic carbocycles. The molecule has 0 bridgehead atoms. The normalized spacial score (nSPS) is 11.8. The number of anilines is 1. The van der Waals surface area contributed by atoms with Gasteiger partial charge in [-0.15, -0.1) is 0 Å². The molecule has 14 heavy (non-hydrogen) atoms. The first-order valence-electron chi connectivity index (χ1n) is 4.62. The van der Waals surface area contributed by atoms with Gasteiger partial charge in [0.1, 0.15) is 6.07 Å². The van der Waals surface area contributed by atoms with Gasteiger partial charge in [-0.25, -0.2) is 4.98 Å². The molecule has 0 aromatic carbocycles. The van der Waals surface area contributed by atoms with Crippen LogP contribution in [0, 0.1) is 11.3 Å². The van der Waals surface area contributed by atoms with Crippen LogP contribution in [0.15, 0.2) is 18.3 Å². The van der Waals surface area contributed by atoms with Gasteiger partial charge in [-0.05, 0) is 18.6 Å². The van der Waals surface area contributed by atoms with Crippen LogP contribution in [0.2, 0.25) is 0 Å². The lowest BCUT2D eigenvalue weighted by atomic mass is 10.2. The zero-order chi connectivity index (χ0) is 10.4. The van der Waals surface area contributed by atoms with E-state index in [0.717, 1.165) is 12.1 Å². The fraction of sp³-hybridized carbons (Fsp3) is 0.400. The van der Waals surface area contributed by atoms with Crippen LogP contribution >= 0.6 is 0 Å². The Kier molecular flexibility index (Phi) is 3.89. The molecule has 4 nitrogen and oxygen atoms in total. The Morgan fingerprint density at radius 1 is 1.71 bits per heavy atom. The highest BCUT2D eigenvalue weighted by Crippen LogP contribution is 2.10. The van der Waals surface area contributed by atoms with E-state index >= 15 is 0 Å². The van der Waals surface area contributed by atoms with Crippen LogP contribution < -0.4 is 11.1 Å². The van der Waals surface area contributed by atoms with Crippen LogP contribution in [0.4, 0.5) is 5.69 Å². The third kappa shape index (κ3) is 2.71. The van der Waals surface area contributed by atoms with Crippen LogP contribution in [0.1, 0.15) is 19.0 Å². The van der Waals surface area contributed by atoms with E-state index in [1.807, 2.05) is 19.1 Å². The standard InChI is InChI=1S/C10H14N4/c1-2-8(12)7-14-9-4-3-5-13-10(9)6-11/h3-5,8,14H,2,7,12H2,1H3. The lowest BCUT2D eigenvalue weighted by Gasteiger charge is -2.11. The van der Waals surface area contributed by atoms with E-state index in [0.29, 0.717) is 12.2 Å². The Hall–Kier alpha value is -1.60. The number of pyridine rings is 1. The average molecular weight is 190 g/mol. The quantitative estimate of drug-likeness (QED) is 0.745. The van der Waals surface area contributed by atoms with Crippen LogP contribution in [-0.4, -0.2) is 17.6 Å². The molecule has 74 valence electrons. The van der Waals surface area contributed by atoms with Gasteiger partial charge in [-0.2, -0.15) is 5.26 Å². The lowest BCUT2D eigenvalue weighted by molar-refractivity contribution is 0.679. The number of hydrogen-bond donors (Lipinski definition) is 2. The maximum atomic E-state index is 8.76. The molecule has 0 radical (unpaired) electrons. The predicted octanol–water partition coefficient (Wildman–Crippen LogP) is 1.10. The zero-order valence-electron chi connectivity index (χ0n) is 8.20. The van der Waals surface area contributed by atoms with Crippen LogP contribution in [-0.2, 0) is 0 Å². The van der Waals surface area contributed by atoms with Gasteiger partial charge in [0.05, 0.1) is 5.69 Å². The van der Waals surface area contributed by atoms with Gasteiger partial charge in [0, 0.05) is 18.8 Å². The minimum absolute atomic E-state index is 0.113. The third-order valence-electron chi connectivity index (χ3n) is 1.99. The van der Waals surface area contributed by atoms with E-state index in [2.05, 4.69) is 10.3 Å². The first-order valence-corrected chi connectivity index (χ1v) is 4.62. The summed E-state index contributed by atoms with van der Waals surface area (Å²) < 4.78 is 0. The Bertz CT molecular complexity index is 329. The van der Waals surface area contributed by atoms with Crippen molar-refractivity contribution >= 4 is 5.69 Å². The molecule has 3 N–H and O–H groups in total. The molecule has 0 spiro atoms. The summed E-state index contributed by atoms with van der Waals surface area (Å²) in [6, 6.07) is 5.76. The topological polar surface area (TPSA) is 74.7 Å². The monoisotopic (exact) mass is 190 g/mol. The van der Waals surface area contributed by atoms with Crippen LogP contribution in [0.25, 0.3) is 0 Å². The Morgan fingerprint density at radius 3 is 3.14 bits per heavy atom. The second-order valence-electron chi connectivity index (χ2n) is 3.06. The molecule has 0 saturated carbocycles. The van der Waals surface area contributed by atoms with Crippen molar-refractivity contribution < 1.29 is 0 Å². The molecular weight excluding hydrogens is 176 g/mol. The van der Waals surface area contributed by atoms with Gasteiger partial charge in [0.2, 0.25) is 0 Å². The van der Waals surface area contributed by atoms with E-state index < -0.39 is 0 Å². The summed E-state index contributed by atoms with van der Waals surface area (Å²) in [5.74, 6) is 0. The van der Waals surface area contributed by atoms with Crippen molar-refractivity contribution in [3.8, 4) is 6.07 Å². The number of nitrogens with two attached hydrogens (primary N) is 1. The number of nitrogens with zero attached hydrogens (tertiary/aromatic N) is 2. The number of hydrogen-bond acceptors (Lipinski definition) is 4. The van der Waals surface area contributed by atoms with Gasteiger partial charge < -0.3 is 11.1 Å². The number of nitrogens with one attached hydrogen (secondary N) is 1. The molecule has 1 rings (SSSR count). The van der Waals surface area contributed by atoms with Crippen molar-refractivity contribution in [3.05, 3.63) is 24.0 Å². The highest BCUT2D eigenvalue weighted by Gasteiger charge is 2.03. The molecule has 0 fully saturated rings. The van der Waals surface area contributed by atoms with Crippen LogP contribution in [0.3, 0.4) is 0 Å². The highest BCUT2D eigenvalue weighted by molar-refractivity contribution is 5.53. The maximum Gasteiger partial charge on any atom is 0.163 e. The molecule has 1 atom stereocenters. The number of nitriles is 1. The second-order valence-corrected chi connectivity index (χ2v) is 3.06. The molecule has 4 heteroatoms. The van der Waals surface area contributed by atoms with Gasteiger partial charge >= 0.3 is 0 Å². The van der Waals surface area contributed by atoms with E-state index in [-0.39, 0.29) is 6.04 Å². The molecule has 1 aromatic rings. The largest absolute Gasteiger partial charge is 0.381 e. The van der Waals surface area contributed by atoms with Gasteiger partial charge in [0.25, 0.3) is 0 Å². The SMILES string of the molecule is CCC(N)CNc1cccnc1C#N. The van der Waals surface area contributed by atoms with E-state index in [9.17, 15) is 0 Å². The summed E-state index contributed by atoms with van der Waals surface area (Å²) in [6.45, 7) is 2.69. The summed E-state index contributed by atoms with van der Waals surface area (Å²) in [6.07, 6.45) is 2.51. The summed E-state index contributed by atoms with van der Waals surface area (Å²) >= 11 is 0. The van der Waals surface area contributed by atoms with Crippen molar-refractivity contribution in [2.24, 2.45) is 5.73 Å². The summed E-state index contributed by atoms with van der Waals surface area (Å²) in [4.78, 5) is 3.94. The Labute approximate surface area is 83.8 Å². The van der Waals surface area contributed by atoms with Crippen molar-refractivity contribution in [2.75, 3.05) is 11.9 Å². The molecule has 1 heterocycles. The summed E-state index contributed by atoms with van der Waals surface area (Å²) in [5, 5.41) is 11.9. The first-order chi connectivity index (χ1) is 6.77. The molecule has 0 aliphatic heterocycles. The highest BCUT2D eigenvalue weighted by atomic mass is 14.9. The summed E-state index contributed by atoms with van der Waals surface area (Å²) in [7, 11) is 0. The number of aromatic nitrogens is 1. The van der Waals surface area contributed by atoms with E-state index in [1.165, 1.54) is 0 Å². The minimum Gasteiger partial charge on any atom is -0.381 e. The van der Waals surface area contributed by atoms with Gasteiger partial charge in [-0.1, -0.05) is 6.92 Å². The Morgan fingerprint density at radius 2 is 2.50 bits per heavy atom. The van der Waals surface area contributed by atoms with Crippen molar-refractivity contribution in [1.29, 1.82) is 5.26 Å². The van der Waals surface area contributed by atoms with E-state index in [1.54, 1.807) is 12.3 Å². The van der Waals surface area contributed by atoms with Crippen LogP contribution in [0.5, 0.6) is 0 Å².